The molecule has 3 rings (SSSR count). The minimum absolute atomic E-state index is 0.0872. The third-order valence-corrected chi connectivity index (χ3v) is 3.79. The fraction of sp³-hybridized carbons (Fsp3) is 0.412. The molecule has 1 aliphatic heterocycles. The van der Waals surface area contributed by atoms with E-state index in [1.165, 1.54) is 0 Å². The summed E-state index contributed by atoms with van der Waals surface area (Å²) in [5.74, 6) is 0.672. The lowest BCUT2D eigenvalue weighted by molar-refractivity contribution is 0.0679. The van der Waals surface area contributed by atoms with Crippen molar-refractivity contribution in [3.8, 4) is 5.75 Å². The molecule has 1 amide bonds. The quantitative estimate of drug-likeness (QED) is 0.847. The first-order chi connectivity index (χ1) is 11.3. The van der Waals surface area contributed by atoms with E-state index in [0.29, 0.717) is 25.3 Å². The molecule has 2 heterocycles. The van der Waals surface area contributed by atoms with Crippen molar-refractivity contribution >= 4 is 5.91 Å². The summed E-state index contributed by atoms with van der Waals surface area (Å²) < 4.78 is 13.1. The van der Waals surface area contributed by atoms with E-state index in [9.17, 15) is 4.79 Å². The second-order valence-corrected chi connectivity index (χ2v) is 5.53. The van der Waals surface area contributed by atoms with E-state index in [0.717, 1.165) is 25.2 Å². The Balaban J connectivity index is 1.43. The number of aromatic nitrogens is 2. The summed E-state index contributed by atoms with van der Waals surface area (Å²) in [6.45, 7) is 2.66. The molecule has 0 spiro atoms. The van der Waals surface area contributed by atoms with Crippen LogP contribution >= 0.6 is 0 Å². The topological polar surface area (TPSA) is 65.4 Å². The molecule has 1 saturated heterocycles. The van der Waals surface area contributed by atoms with Crippen molar-refractivity contribution in [1.82, 2.24) is 14.9 Å². The zero-order chi connectivity index (χ0) is 15.9. The number of nitrogens with zero attached hydrogens (tertiary/aromatic N) is 2. The van der Waals surface area contributed by atoms with Gasteiger partial charge in [0.2, 0.25) is 0 Å². The van der Waals surface area contributed by atoms with Crippen molar-refractivity contribution in [2.45, 2.75) is 25.5 Å². The van der Waals surface area contributed by atoms with E-state index in [4.69, 9.17) is 9.47 Å². The molecule has 0 aliphatic carbocycles. The van der Waals surface area contributed by atoms with Crippen LogP contribution in [0.4, 0.5) is 0 Å². The van der Waals surface area contributed by atoms with Crippen LogP contribution in [0.15, 0.2) is 43.0 Å². The van der Waals surface area contributed by atoms with Gasteiger partial charge in [0, 0.05) is 37.7 Å². The van der Waals surface area contributed by atoms with Gasteiger partial charge in [-0.25, -0.2) is 4.98 Å². The van der Waals surface area contributed by atoms with Gasteiger partial charge in [-0.05, 0) is 37.1 Å². The third-order valence-electron chi connectivity index (χ3n) is 3.79. The van der Waals surface area contributed by atoms with Gasteiger partial charge >= 0.3 is 0 Å². The van der Waals surface area contributed by atoms with E-state index in [1.54, 1.807) is 24.7 Å². The molecule has 0 bridgehead atoms. The van der Waals surface area contributed by atoms with E-state index in [-0.39, 0.29) is 12.0 Å². The molecule has 0 radical (unpaired) electrons. The number of carbonyl (C=O) groups excluding carboxylic acids is 1. The first-order valence-electron chi connectivity index (χ1n) is 7.90. The second kappa shape index (κ2) is 7.78. The number of amides is 1. The highest BCUT2D eigenvalue weighted by Crippen LogP contribution is 2.16. The highest BCUT2D eigenvalue weighted by atomic mass is 16.5. The van der Waals surface area contributed by atoms with Crippen LogP contribution in [-0.2, 0) is 11.3 Å². The number of nitrogens with one attached hydrogen (secondary N) is 1. The molecule has 6 nitrogen and oxygen atoms in total. The van der Waals surface area contributed by atoms with Crippen molar-refractivity contribution in [3.63, 3.8) is 0 Å². The van der Waals surface area contributed by atoms with Crippen molar-refractivity contribution in [1.29, 1.82) is 0 Å². The summed E-state index contributed by atoms with van der Waals surface area (Å²) in [5.41, 5.74) is 0.625. The summed E-state index contributed by atoms with van der Waals surface area (Å²) in [6, 6.07) is 7.19. The Morgan fingerprint density at radius 3 is 2.96 bits per heavy atom. The second-order valence-electron chi connectivity index (χ2n) is 5.53. The summed E-state index contributed by atoms with van der Waals surface area (Å²) in [7, 11) is 0. The van der Waals surface area contributed by atoms with Crippen LogP contribution in [0.1, 0.15) is 23.2 Å². The van der Waals surface area contributed by atoms with Gasteiger partial charge in [-0.3, -0.25) is 4.79 Å². The Morgan fingerprint density at radius 2 is 2.26 bits per heavy atom. The maximum atomic E-state index is 12.1. The van der Waals surface area contributed by atoms with Gasteiger partial charge in [0.15, 0.2) is 0 Å². The van der Waals surface area contributed by atoms with Crippen molar-refractivity contribution in [2.24, 2.45) is 0 Å². The molecule has 0 unspecified atom stereocenters. The molecule has 23 heavy (non-hydrogen) atoms. The molecule has 1 N–H and O–H groups in total. The number of carbonyl (C=O) groups is 1. The van der Waals surface area contributed by atoms with Gasteiger partial charge in [-0.2, -0.15) is 0 Å². The molecule has 1 atom stereocenters. The Hall–Kier alpha value is -2.34. The van der Waals surface area contributed by atoms with Gasteiger partial charge in [0.25, 0.3) is 5.91 Å². The number of rotatable bonds is 7. The van der Waals surface area contributed by atoms with E-state index in [2.05, 4.69) is 10.3 Å². The average Bonchev–Trinajstić information content (AvgIpc) is 3.27. The van der Waals surface area contributed by atoms with Crippen LogP contribution in [0.25, 0.3) is 0 Å². The lowest BCUT2D eigenvalue weighted by Crippen LogP contribution is -2.26. The zero-order valence-corrected chi connectivity index (χ0v) is 13.0. The summed E-state index contributed by atoms with van der Waals surface area (Å²) in [5, 5.41) is 2.89. The molecule has 1 aromatic carbocycles. The lowest BCUT2D eigenvalue weighted by Gasteiger charge is -2.12. The maximum Gasteiger partial charge on any atom is 0.251 e. The van der Waals surface area contributed by atoms with E-state index in [1.807, 2.05) is 22.9 Å². The Kier molecular flexibility index (Phi) is 5.26. The van der Waals surface area contributed by atoms with Crippen LogP contribution < -0.4 is 10.1 Å². The predicted octanol–water partition coefficient (Wildman–Crippen LogP) is 1.87. The van der Waals surface area contributed by atoms with Crippen LogP contribution in [-0.4, -0.2) is 41.3 Å². The van der Waals surface area contributed by atoms with Gasteiger partial charge in [-0.1, -0.05) is 0 Å². The molecule has 122 valence electrons. The first-order valence-corrected chi connectivity index (χ1v) is 7.90. The lowest BCUT2D eigenvalue weighted by atomic mass is 10.2. The standard InChI is InChI=1S/C17H21N3O3/c21-17(19-8-10-20-9-7-18-13-20)14-3-5-15(6-4-14)23-12-16-2-1-11-22-16/h3-7,9,13,16H,1-2,8,10-12H2,(H,19,21)/t16-/m0/s1. The fourth-order valence-electron chi connectivity index (χ4n) is 2.49. The largest absolute Gasteiger partial charge is 0.491 e. The SMILES string of the molecule is O=C(NCCn1ccnc1)c1ccc(OC[C@@H]2CCCO2)cc1. The average molecular weight is 315 g/mol. The normalized spacial score (nSPS) is 17.1. The van der Waals surface area contributed by atoms with Gasteiger partial charge < -0.3 is 19.4 Å². The van der Waals surface area contributed by atoms with E-state index < -0.39 is 0 Å². The fourth-order valence-corrected chi connectivity index (χ4v) is 2.49. The highest BCUT2D eigenvalue weighted by molar-refractivity contribution is 5.94. The highest BCUT2D eigenvalue weighted by Gasteiger charge is 2.16. The maximum absolute atomic E-state index is 12.1. The third kappa shape index (κ3) is 4.56. The minimum Gasteiger partial charge on any atom is -0.491 e. The Morgan fingerprint density at radius 1 is 1.39 bits per heavy atom. The van der Waals surface area contributed by atoms with E-state index >= 15 is 0 Å². The number of benzene rings is 1. The zero-order valence-electron chi connectivity index (χ0n) is 13.0. The Labute approximate surface area is 135 Å². The van der Waals surface area contributed by atoms with Gasteiger partial charge in [-0.15, -0.1) is 0 Å². The van der Waals surface area contributed by atoms with Crippen molar-refractivity contribution in [2.75, 3.05) is 19.8 Å². The molecular formula is C17H21N3O3. The van der Waals surface area contributed by atoms with Crippen LogP contribution in [0.2, 0.25) is 0 Å². The minimum atomic E-state index is -0.0872. The number of hydrogen-bond acceptors (Lipinski definition) is 4. The molecule has 0 saturated carbocycles. The number of hydrogen-bond donors (Lipinski definition) is 1. The van der Waals surface area contributed by atoms with Crippen LogP contribution in [0.5, 0.6) is 5.75 Å². The molecular weight excluding hydrogens is 294 g/mol. The summed E-state index contributed by atoms with van der Waals surface area (Å²) in [4.78, 5) is 16.0. The van der Waals surface area contributed by atoms with Gasteiger partial charge in [0.05, 0.1) is 12.4 Å². The predicted molar refractivity (Wildman–Crippen MR) is 85.5 cm³/mol. The smallest absolute Gasteiger partial charge is 0.251 e. The van der Waals surface area contributed by atoms with Crippen molar-refractivity contribution < 1.29 is 14.3 Å². The monoisotopic (exact) mass is 315 g/mol. The Bertz CT molecular complexity index is 605. The molecule has 6 heteroatoms. The van der Waals surface area contributed by atoms with Gasteiger partial charge in [0.1, 0.15) is 12.4 Å². The molecule has 1 aromatic heterocycles. The first kappa shape index (κ1) is 15.6. The summed E-state index contributed by atoms with van der Waals surface area (Å²) in [6.07, 6.45) is 7.67. The molecule has 1 aliphatic rings. The van der Waals surface area contributed by atoms with Crippen LogP contribution in [0, 0.1) is 0 Å². The summed E-state index contributed by atoms with van der Waals surface area (Å²) >= 11 is 0. The molecule has 1 fully saturated rings. The molecule has 2 aromatic rings. The van der Waals surface area contributed by atoms with Crippen LogP contribution in [0.3, 0.4) is 0 Å². The number of ether oxygens (including phenoxy) is 2. The van der Waals surface area contributed by atoms with Crippen molar-refractivity contribution in [3.05, 3.63) is 48.5 Å². The number of imidazole rings is 1.